The molecule has 1 N–H and O–H groups in total. The van der Waals surface area contributed by atoms with E-state index in [0.29, 0.717) is 11.1 Å². The molecule has 2 nitrogen and oxygen atoms in total. The van der Waals surface area contributed by atoms with Crippen molar-refractivity contribution in [2.45, 2.75) is 26.2 Å². The molecular weight excluding hydrogens is 289 g/mol. The summed E-state index contributed by atoms with van der Waals surface area (Å²) >= 11 is 0. The van der Waals surface area contributed by atoms with Gasteiger partial charge in [-0.2, -0.15) is 0 Å². The molecule has 0 bridgehead atoms. The van der Waals surface area contributed by atoms with Crippen LogP contribution in [0.25, 0.3) is 0 Å². The zero-order chi connectivity index (χ0) is 16.9. The summed E-state index contributed by atoms with van der Waals surface area (Å²) in [5.41, 5.74) is 2.15. The van der Waals surface area contributed by atoms with Crippen molar-refractivity contribution in [2.24, 2.45) is 0 Å². The summed E-state index contributed by atoms with van der Waals surface area (Å²) in [6, 6.07) is 13.8. The zero-order valence-corrected chi connectivity index (χ0v) is 13.6. The molecule has 118 valence electrons. The molecule has 0 aliphatic heterocycles. The molecule has 0 aliphatic carbocycles. The summed E-state index contributed by atoms with van der Waals surface area (Å²) in [5.74, 6) is 4.92. The zero-order valence-electron chi connectivity index (χ0n) is 13.6. The van der Waals surface area contributed by atoms with Crippen molar-refractivity contribution in [3.63, 3.8) is 0 Å². The van der Waals surface area contributed by atoms with Crippen LogP contribution in [0.3, 0.4) is 0 Å². The molecule has 2 aromatic carbocycles. The molecule has 0 aromatic heterocycles. The molecule has 0 fully saturated rings. The molecule has 0 saturated carbocycles. The average molecular weight is 309 g/mol. The molecular formula is C20H20FNO. The van der Waals surface area contributed by atoms with Crippen molar-refractivity contribution in [1.82, 2.24) is 5.32 Å². The predicted octanol–water partition coefficient (Wildman–Crippen LogP) is 3.90. The van der Waals surface area contributed by atoms with E-state index in [1.807, 2.05) is 12.1 Å². The molecule has 0 spiro atoms. The van der Waals surface area contributed by atoms with E-state index in [0.717, 1.165) is 0 Å². The second-order valence-corrected chi connectivity index (χ2v) is 6.29. The van der Waals surface area contributed by atoms with E-state index in [-0.39, 0.29) is 23.7 Å². The fourth-order valence-corrected chi connectivity index (χ4v) is 2.05. The first-order valence-corrected chi connectivity index (χ1v) is 7.50. The first-order valence-electron chi connectivity index (χ1n) is 7.50. The number of hydrogen-bond donors (Lipinski definition) is 1. The number of hydrogen-bond acceptors (Lipinski definition) is 1. The van der Waals surface area contributed by atoms with Gasteiger partial charge in [0.25, 0.3) is 5.91 Å². The maximum absolute atomic E-state index is 13.4. The van der Waals surface area contributed by atoms with E-state index in [9.17, 15) is 9.18 Å². The quantitative estimate of drug-likeness (QED) is 0.837. The third kappa shape index (κ3) is 4.69. The smallest absolute Gasteiger partial charge is 0.252 e. The van der Waals surface area contributed by atoms with Crippen LogP contribution < -0.4 is 5.32 Å². The van der Waals surface area contributed by atoms with Crippen LogP contribution in [-0.2, 0) is 5.41 Å². The second kappa shape index (κ2) is 7.11. The molecule has 23 heavy (non-hydrogen) atoms. The number of carbonyl (C=O) groups is 1. The second-order valence-electron chi connectivity index (χ2n) is 6.29. The van der Waals surface area contributed by atoms with Gasteiger partial charge >= 0.3 is 0 Å². The molecule has 1 amide bonds. The van der Waals surface area contributed by atoms with Crippen molar-refractivity contribution in [1.29, 1.82) is 0 Å². The highest BCUT2D eigenvalue weighted by Crippen LogP contribution is 2.22. The third-order valence-electron chi connectivity index (χ3n) is 3.45. The van der Waals surface area contributed by atoms with Gasteiger partial charge in [0.15, 0.2) is 0 Å². The highest BCUT2D eigenvalue weighted by Gasteiger charge is 2.13. The molecule has 3 heteroatoms. The number of rotatable bonds is 2. The Morgan fingerprint density at radius 2 is 1.74 bits per heavy atom. The van der Waals surface area contributed by atoms with Crippen LogP contribution in [0, 0.1) is 17.7 Å². The van der Waals surface area contributed by atoms with Crippen molar-refractivity contribution < 1.29 is 9.18 Å². The maximum Gasteiger partial charge on any atom is 0.252 e. The van der Waals surface area contributed by atoms with E-state index in [1.165, 1.54) is 11.6 Å². The fraction of sp³-hybridized carbons (Fsp3) is 0.250. The Bertz CT molecular complexity index is 746. The number of amides is 1. The van der Waals surface area contributed by atoms with Crippen molar-refractivity contribution in [3.8, 4) is 11.8 Å². The Morgan fingerprint density at radius 3 is 2.35 bits per heavy atom. The lowest BCUT2D eigenvalue weighted by Gasteiger charge is -2.18. The molecule has 0 radical (unpaired) electrons. The van der Waals surface area contributed by atoms with Crippen molar-refractivity contribution >= 4 is 5.91 Å². The average Bonchev–Trinajstić information content (AvgIpc) is 2.52. The van der Waals surface area contributed by atoms with Crippen molar-refractivity contribution in [3.05, 3.63) is 71.0 Å². The first kappa shape index (κ1) is 16.8. The van der Waals surface area contributed by atoms with Gasteiger partial charge in [-0.1, -0.05) is 56.9 Å². The van der Waals surface area contributed by atoms with E-state index in [4.69, 9.17) is 0 Å². The summed E-state index contributed by atoms with van der Waals surface area (Å²) in [6.07, 6.45) is 0. The van der Waals surface area contributed by atoms with Crippen LogP contribution in [-0.4, -0.2) is 12.5 Å². The monoisotopic (exact) mass is 309 g/mol. The lowest BCUT2D eigenvalue weighted by molar-refractivity contribution is 0.0958. The van der Waals surface area contributed by atoms with Crippen LogP contribution in [0.1, 0.15) is 42.3 Å². The van der Waals surface area contributed by atoms with Gasteiger partial charge in [0.1, 0.15) is 5.82 Å². The first-order chi connectivity index (χ1) is 10.9. The van der Waals surface area contributed by atoms with Gasteiger partial charge in [0, 0.05) is 5.56 Å². The van der Waals surface area contributed by atoms with Gasteiger partial charge in [-0.3, -0.25) is 4.79 Å². The van der Waals surface area contributed by atoms with Crippen LogP contribution in [0.15, 0.2) is 48.5 Å². The lowest BCUT2D eigenvalue weighted by Crippen LogP contribution is -2.23. The van der Waals surface area contributed by atoms with Crippen LogP contribution in [0.4, 0.5) is 4.39 Å². The SMILES string of the molecule is CC(C)(C)c1ccc(C(=O)NCC#Cc2ccccc2F)cc1. The van der Waals surface area contributed by atoms with Crippen molar-refractivity contribution in [2.75, 3.05) is 6.54 Å². The Kier molecular flexibility index (Phi) is 5.18. The van der Waals surface area contributed by atoms with Crippen LogP contribution in [0.2, 0.25) is 0 Å². The third-order valence-corrected chi connectivity index (χ3v) is 3.45. The fourth-order valence-electron chi connectivity index (χ4n) is 2.05. The van der Waals surface area contributed by atoms with Gasteiger partial charge in [0.2, 0.25) is 0 Å². The normalized spacial score (nSPS) is 10.6. The summed E-state index contributed by atoms with van der Waals surface area (Å²) in [4.78, 5) is 12.0. The molecule has 0 heterocycles. The Balaban J connectivity index is 1.95. The van der Waals surface area contributed by atoms with E-state index < -0.39 is 0 Å². The number of carbonyl (C=O) groups excluding carboxylic acids is 1. The number of halogens is 1. The Hall–Kier alpha value is -2.60. The minimum absolute atomic E-state index is 0.0558. The molecule has 0 atom stereocenters. The number of benzene rings is 2. The highest BCUT2D eigenvalue weighted by atomic mass is 19.1. The molecule has 0 aliphatic rings. The number of nitrogens with one attached hydrogen (secondary N) is 1. The molecule has 2 rings (SSSR count). The van der Waals surface area contributed by atoms with E-state index in [2.05, 4.69) is 37.9 Å². The Labute approximate surface area is 136 Å². The van der Waals surface area contributed by atoms with E-state index in [1.54, 1.807) is 30.3 Å². The largest absolute Gasteiger partial charge is 0.341 e. The predicted molar refractivity (Wildman–Crippen MR) is 90.8 cm³/mol. The Morgan fingerprint density at radius 1 is 1.09 bits per heavy atom. The van der Waals surface area contributed by atoms with Gasteiger partial charge in [0.05, 0.1) is 12.1 Å². The summed E-state index contributed by atoms with van der Waals surface area (Å²) in [7, 11) is 0. The molecule has 0 unspecified atom stereocenters. The molecule has 0 saturated heterocycles. The van der Waals surface area contributed by atoms with Gasteiger partial charge < -0.3 is 5.32 Å². The summed E-state index contributed by atoms with van der Waals surface area (Å²) in [5, 5.41) is 2.71. The van der Waals surface area contributed by atoms with Gasteiger partial charge in [-0.05, 0) is 35.2 Å². The minimum Gasteiger partial charge on any atom is -0.341 e. The maximum atomic E-state index is 13.4. The lowest BCUT2D eigenvalue weighted by atomic mass is 9.87. The summed E-state index contributed by atoms with van der Waals surface area (Å²) < 4.78 is 13.4. The standard InChI is InChI=1S/C20H20FNO/c1-20(2,3)17-12-10-16(11-13-17)19(23)22-14-6-8-15-7-4-5-9-18(15)21/h4-5,7,9-13H,14H2,1-3H3,(H,22,23). The summed E-state index contributed by atoms with van der Waals surface area (Å²) in [6.45, 7) is 6.55. The highest BCUT2D eigenvalue weighted by molar-refractivity contribution is 5.94. The van der Waals surface area contributed by atoms with Gasteiger partial charge in [-0.25, -0.2) is 4.39 Å². The van der Waals surface area contributed by atoms with Gasteiger partial charge in [-0.15, -0.1) is 0 Å². The van der Waals surface area contributed by atoms with E-state index >= 15 is 0 Å². The van der Waals surface area contributed by atoms with Crippen LogP contribution in [0.5, 0.6) is 0 Å². The van der Waals surface area contributed by atoms with Crippen LogP contribution >= 0.6 is 0 Å². The topological polar surface area (TPSA) is 29.1 Å². The molecule has 2 aromatic rings. The minimum atomic E-state index is -0.357.